The highest BCUT2D eigenvalue weighted by Crippen LogP contribution is 2.27. The van der Waals surface area contributed by atoms with Gasteiger partial charge in [-0.3, -0.25) is 0 Å². The van der Waals surface area contributed by atoms with Crippen molar-refractivity contribution >= 4 is 17.0 Å². The molecule has 164 valence electrons. The first-order valence-electron chi connectivity index (χ1n) is 9.53. The lowest BCUT2D eigenvalue weighted by Gasteiger charge is -2.06. The van der Waals surface area contributed by atoms with Gasteiger partial charge in [0.25, 0.3) is 5.88 Å². The second kappa shape index (κ2) is 9.00. The number of ether oxygens (including phenoxy) is 2. The third-order valence-corrected chi connectivity index (χ3v) is 4.39. The number of carbonyl (C=O) groups excluding carboxylic acids is 1. The molecule has 32 heavy (non-hydrogen) atoms. The largest absolute Gasteiger partial charge is 0.463 e. The van der Waals surface area contributed by atoms with Crippen LogP contribution in [0.15, 0.2) is 42.7 Å². The van der Waals surface area contributed by atoms with E-state index in [-0.39, 0.29) is 35.7 Å². The van der Waals surface area contributed by atoms with Crippen molar-refractivity contribution in [1.82, 2.24) is 24.7 Å². The van der Waals surface area contributed by atoms with E-state index in [0.29, 0.717) is 5.56 Å². The zero-order chi connectivity index (χ0) is 22.7. The third kappa shape index (κ3) is 4.36. The maximum atomic E-state index is 14.1. The second-order valence-electron chi connectivity index (χ2n) is 6.56. The van der Waals surface area contributed by atoms with Crippen LogP contribution in [0.2, 0.25) is 0 Å². The van der Waals surface area contributed by atoms with Crippen LogP contribution in [0.4, 0.5) is 13.2 Å². The quantitative estimate of drug-likeness (QED) is 0.405. The number of rotatable bonds is 7. The Morgan fingerprint density at radius 1 is 1.09 bits per heavy atom. The molecule has 0 radical (unpaired) electrons. The minimum atomic E-state index is -0.905. The predicted molar refractivity (Wildman–Crippen MR) is 106 cm³/mol. The van der Waals surface area contributed by atoms with Crippen molar-refractivity contribution in [3.8, 4) is 17.4 Å². The van der Waals surface area contributed by atoms with Crippen molar-refractivity contribution < 1.29 is 27.4 Å². The summed E-state index contributed by atoms with van der Waals surface area (Å²) in [6.07, 6.45) is 1.85. The van der Waals surface area contributed by atoms with E-state index in [9.17, 15) is 18.0 Å². The summed E-state index contributed by atoms with van der Waals surface area (Å²) in [5.74, 6) is -3.26. The highest BCUT2D eigenvalue weighted by atomic mass is 19.1. The average Bonchev–Trinajstić information content (AvgIpc) is 3.12. The summed E-state index contributed by atoms with van der Waals surface area (Å²) < 4.78 is 53.3. The topological polar surface area (TPSA) is 92.0 Å². The van der Waals surface area contributed by atoms with Crippen LogP contribution < -0.4 is 4.74 Å². The maximum absolute atomic E-state index is 14.1. The zero-order valence-electron chi connectivity index (χ0n) is 16.8. The van der Waals surface area contributed by atoms with Gasteiger partial charge >= 0.3 is 5.97 Å². The zero-order valence-corrected chi connectivity index (χ0v) is 16.8. The molecule has 0 aliphatic heterocycles. The molecule has 3 aromatic heterocycles. The van der Waals surface area contributed by atoms with E-state index in [4.69, 9.17) is 9.47 Å². The van der Waals surface area contributed by atoms with E-state index in [0.717, 1.165) is 12.4 Å². The number of hydrogen-bond donors (Lipinski definition) is 0. The number of fused-ring (bicyclic) bond motifs is 1. The molecule has 1 aromatic carbocycles. The average molecular weight is 443 g/mol. The number of nitrogens with zero attached hydrogens (tertiary/aromatic N) is 5. The van der Waals surface area contributed by atoms with E-state index >= 15 is 0 Å². The summed E-state index contributed by atoms with van der Waals surface area (Å²) in [7, 11) is 0. The van der Waals surface area contributed by atoms with Gasteiger partial charge in [-0.05, 0) is 19.1 Å². The lowest BCUT2D eigenvalue weighted by atomic mass is 10.2. The number of pyridine rings is 1. The van der Waals surface area contributed by atoms with Crippen molar-refractivity contribution in [1.29, 1.82) is 0 Å². The molecule has 0 saturated carbocycles. The van der Waals surface area contributed by atoms with Crippen molar-refractivity contribution in [2.24, 2.45) is 0 Å². The smallest absolute Gasteiger partial charge is 0.344 e. The fourth-order valence-corrected chi connectivity index (χ4v) is 2.99. The molecule has 0 N–H and O–H groups in total. The third-order valence-electron chi connectivity index (χ3n) is 4.39. The van der Waals surface area contributed by atoms with Gasteiger partial charge in [0.05, 0.1) is 30.9 Å². The summed E-state index contributed by atoms with van der Waals surface area (Å²) in [5.41, 5.74) is 0.684. The Balaban J connectivity index is 1.74. The Morgan fingerprint density at radius 2 is 1.91 bits per heavy atom. The molecule has 11 heteroatoms. The minimum Gasteiger partial charge on any atom is -0.463 e. The van der Waals surface area contributed by atoms with E-state index in [1.54, 1.807) is 25.1 Å². The number of benzene rings is 1. The van der Waals surface area contributed by atoms with Crippen LogP contribution in [0.3, 0.4) is 0 Å². The minimum absolute atomic E-state index is 0.00914. The second-order valence-corrected chi connectivity index (χ2v) is 6.56. The molecule has 0 bridgehead atoms. The Kier molecular flexibility index (Phi) is 5.97. The fraction of sp³-hybridized carbons (Fsp3) is 0.190. The van der Waals surface area contributed by atoms with Crippen molar-refractivity contribution in [3.05, 3.63) is 65.7 Å². The molecule has 3 heterocycles. The number of hydrogen-bond acceptors (Lipinski definition) is 7. The van der Waals surface area contributed by atoms with E-state index in [2.05, 4.69) is 20.1 Å². The molecule has 0 fully saturated rings. The molecule has 0 saturated heterocycles. The van der Waals surface area contributed by atoms with Crippen LogP contribution in [-0.2, 0) is 16.1 Å². The van der Waals surface area contributed by atoms with E-state index in [1.807, 2.05) is 0 Å². The van der Waals surface area contributed by atoms with Crippen LogP contribution in [-0.4, -0.2) is 43.9 Å². The summed E-state index contributed by atoms with van der Waals surface area (Å²) >= 11 is 0. The summed E-state index contributed by atoms with van der Waals surface area (Å²) in [5, 5.41) is 4.60. The number of carbonyl (C=O) groups is 1. The van der Waals surface area contributed by atoms with Crippen LogP contribution in [0, 0.1) is 17.5 Å². The molecule has 0 aliphatic rings. The van der Waals surface area contributed by atoms with Gasteiger partial charge in [0.1, 0.15) is 17.3 Å². The van der Waals surface area contributed by atoms with Crippen molar-refractivity contribution in [3.63, 3.8) is 0 Å². The first-order chi connectivity index (χ1) is 15.5. The summed E-state index contributed by atoms with van der Waals surface area (Å²) in [6.45, 7) is 1.22. The first-order valence-corrected chi connectivity index (χ1v) is 9.53. The van der Waals surface area contributed by atoms with E-state index < -0.39 is 35.9 Å². The number of halogens is 3. The van der Waals surface area contributed by atoms with Gasteiger partial charge in [-0.15, -0.1) is 0 Å². The highest BCUT2D eigenvalue weighted by Gasteiger charge is 2.20. The molecule has 4 aromatic rings. The van der Waals surface area contributed by atoms with E-state index in [1.165, 1.54) is 16.8 Å². The molecule has 0 aliphatic carbocycles. The Hall–Kier alpha value is -4.02. The maximum Gasteiger partial charge on any atom is 0.344 e. The fourth-order valence-electron chi connectivity index (χ4n) is 2.99. The van der Waals surface area contributed by atoms with Crippen molar-refractivity contribution in [2.45, 2.75) is 13.5 Å². The lowest BCUT2D eigenvalue weighted by Crippen LogP contribution is -2.16. The Labute approximate surface area is 179 Å². The van der Waals surface area contributed by atoms with Crippen molar-refractivity contribution in [2.75, 3.05) is 13.2 Å². The van der Waals surface area contributed by atoms with Gasteiger partial charge in [0.2, 0.25) is 5.82 Å². The van der Waals surface area contributed by atoms with Gasteiger partial charge in [0, 0.05) is 5.56 Å². The van der Waals surface area contributed by atoms with Gasteiger partial charge < -0.3 is 9.47 Å². The molecule has 4 rings (SSSR count). The highest BCUT2D eigenvalue weighted by molar-refractivity contribution is 5.89. The standard InChI is InChI=1S/C21H16F3N5O3/c1-2-31-17(30)11-32-21-16(24)9-25-19(27-21)18-14-7-13(22)8-26-20(14)29(28-18)10-12-5-3-4-6-15(12)23/h3-9H,2,10-11H2,1H3. The van der Waals surface area contributed by atoms with Gasteiger partial charge in [-0.1, -0.05) is 18.2 Å². The Morgan fingerprint density at radius 3 is 2.69 bits per heavy atom. The predicted octanol–water partition coefficient (Wildman–Crippen LogP) is 3.30. The molecule has 0 atom stereocenters. The first kappa shape index (κ1) is 21.2. The van der Waals surface area contributed by atoms with Gasteiger partial charge in [0.15, 0.2) is 18.1 Å². The van der Waals surface area contributed by atoms with Crippen LogP contribution in [0.5, 0.6) is 5.88 Å². The molecule has 0 unspecified atom stereocenters. The van der Waals surface area contributed by atoms with Crippen LogP contribution in [0.1, 0.15) is 12.5 Å². The van der Waals surface area contributed by atoms with Crippen LogP contribution in [0.25, 0.3) is 22.6 Å². The monoisotopic (exact) mass is 443 g/mol. The Bertz CT molecular complexity index is 1300. The van der Waals surface area contributed by atoms with Crippen LogP contribution >= 0.6 is 0 Å². The molecule has 8 nitrogen and oxygen atoms in total. The molecular weight excluding hydrogens is 427 g/mol. The SMILES string of the molecule is CCOC(=O)COc1nc(-c2nn(Cc3ccccc3F)c3ncc(F)cc23)ncc1F. The van der Waals surface area contributed by atoms with Gasteiger partial charge in [-0.2, -0.15) is 14.5 Å². The normalized spacial score (nSPS) is 11.0. The molecular formula is C21H16F3N5O3. The number of esters is 1. The number of aromatic nitrogens is 5. The van der Waals surface area contributed by atoms with Gasteiger partial charge in [-0.25, -0.2) is 28.2 Å². The summed E-state index contributed by atoms with van der Waals surface area (Å²) in [6, 6.07) is 7.30. The summed E-state index contributed by atoms with van der Waals surface area (Å²) in [4.78, 5) is 23.4. The lowest BCUT2D eigenvalue weighted by molar-refractivity contribution is -0.145. The molecule has 0 amide bonds. The molecule has 0 spiro atoms.